The average Bonchev–Trinajstić information content (AvgIpc) is 3.19. The number of ether oxygens (including phenoxy) is 1. The normalized spacial score (nSPS) is 21.1. The number of halogens is 2. The molecule has 2 atom stereocenters. The van der Waals surface area contributed by atoms with E-state index in [4.69, 9.17) is 21.2 Å². The smallest absolute Gasteiger partial charge is 0.249 e. The number of hydrogen-bond donors (Lipinski definition) is 0. The molecule has 1 fully saturated rings. The Bertz CT molecular complexity index is 509. The fourth-order valence-electron chi connectivity index (χ4n) is 2.15. The van der Waals surface area contributed by atoms with Crippen molar-refractivity contribution in [2.24, 2.45) is 5.92 Å². The Kier molecular flexibility index (Phi) is 3.96. The summed E-state index contributed by atoms with van der Waals surface area (Å²) in [5.74, 6) is -0.379. The lowest BCUT2D eigenvalue weighted by Crippen LogP contribution is -2.27. The van der Waals surface area contributed by atoms with E-state index in [-0.39, 0.29) is 22.8 Å². The molecule has 1 amide bonds. The van der Waals surface area contributed by atoms with Crippen LogP contribution in [0.25, 0.3) is 0 Å². The first-order chi connectivity index (χ1) is 8.99. The van der Waals surface area contributed by atoms with Gasteiger partial charge in [0.15, 0.2) is 0 Å². The molecule has 0 aliphatic heterocycles. The third-order valence-electron chi connectivity index (χ3n) is 3.36. The number of rotatable bonds is 4. The van der Waals surface area contributed by atoms with Crippen LogP contribution in [0.15, 0.2) is 12.1 Å². The molecule has 1 aliphatic rings. The summed E-state index contributed by atoms with van der Waals surface area (Å²) in [5.41, 5.74) is 0.761. The largest absolute Gasteiger partial charge is 0.496 e. The fourth-order valence-corrected chi connectivity index (χ4v) is 2.32. The minimum absolute atomic E-state index is 0.00171. The second-order valence-electron chi connectivity index (χ2n) is 4.48. The first kappa shape index (κ1) is 14.1. The van der Waals surface area contributed by atoms with Crippen molar-refractivity contribution in [1.29, 1.82) is 0 Å². The summed E-state index contributed by atoms with van der Waals surface area (Å²) < 4.78 is 18.5. The minimum atomic E-state index is -0.528. The number of benzene rings is 1. The van der Waals surface area contributed by atoms with Gasteiger partial charge in [-0.2, -0.15) is 0 Å². The van der Waals surface area contributed by atoms with Crippen LogP contribution in [0.3, 0.4) is 0 Å². The lowest BCUT2D eigenvalue weighted by atomic mass is 10.1. The van der Waals surface area contributed by atoms with Gasteiger partial charge in [-0.05, 0) is 18.1 Å². The van der Waals surface area contributed by atoms with E-state index in [0.29, 0.717) is 12.2 Å². The molecule has 2 unspecified atom stereocenters. The minimum Gasteiger partial charge on any atom is -0.496 e. The van der Waals surface area contributed by atoms with Crippen LogP contribution in [0, 0.1) is 11.7 Å². The maximum atomic E-state index is 13.4. The van der Waals surface area contributed by atoms with Crippen LogP contribution in [0.2, 0.25) is 5.02 Å². The number of carbonyl (C=O) groups is 1. The zero-order chi connectivity index (χ0) is 14.2. The highest BCUT2D eigenvalue weighted by Gasteiger charge is 2.47. The molecule has 0 aromatic heterocycles. The van der Waals surface area contributed by atoms with Crippen molar-refractivity contribution in [3.8, 4) is 5.75 Å². The zero-order valence-electron chi connectivity index (χ0n) is 10.9. The predicted octanol–water partition coefficient (Wildman–Crippen LogP) is 2.61. The first-order valence-electron chi connectivity index (χ1n) is 5.84. The third-order valence-corrected chi connectivity index (χ3v) is 3.65. The van der Waals surface area contributed by atoms with E-state index in [2.05, 4.69) is 0 Å². The number of methoxy groups -OCH3 is 1. The number of amides is 1. The summed E-state index contributed by atoms with van der Waals surface area (Å²) in [6.45, 7) is 0. The quantitative estimate of drug-likeness (QED) is 0.799. The molecule has 1 aliphatic carbocycles. The summed E-state index contributed by atoms with van der Waals surface area (Å²) in [4.78, 5) is 16.8. The lowest BCUT2D eigenvalue weighted by molar-refractivity contribution is -0.170. The van der Waals surface area contributed by atoms with Gasteiger partial charge in [0.05, 0.1) is 19.2 Å². The molecular formula is C13H15ClFNO3. The second kappa shape index (κ2) is 5.35. The van der Waals surface area contributed by atoms with Crippen LogP contribution < -0.4 is 4.74 Å². The van der Waals surface area contributed by atoms with Gasteiger partial charge in [0.2, 0.25) is 5.91 Å². The molecule has 0 spiro atoms. The standard InChI is InChI=1S/C13H15ClFNO3/c1-16(19-3)13(17)9-4-7(9)8-5-10(14)11(15)6-12(8)18-2/h5-7,9H,4H2,1-3H3. The lowest BCUT2D eigenvalue weighted by Gasteiger charge is -2.14. The van der Waals surface area contributed by atoms with E-state index in [1.54, 1.807) is 7.05 Å². The molecule has 6 heteroatoms. The van der Waals surface area contributed by atoms with Crippen LogP contribution in [-0.2, 0) is 9.63 Å². The maximum Gasteiger partial charge on any atom is 0.249 e. The third kappa shape index (κ3) is 2.67. The number of carbonyl (C=O) groups excluding carboxylic acids is 1. The molecule has 0 bridgehead atoms. The van der Waals surface area contributed by atoms with E-state index in [1.165, 1.54) is 31.4 Å². The Morgan fingerprint density at radius 2 is 2.16 bits per heavy atom. The van der Waals surface area contributed by atoms with Gasteiger partial charge in [-0.3, -0.25) is 9.63 Å². The van der Waals surface area contributed by atoms with E-state index in [9.17, 15) is 9.18 Å². The summed E-state index contributed by atoms with van der Waals surface area (Å²) >= 11 is 5.78. The van der Waals surface area contributed by atoms with Crippen LogP contribution in [0.5, 0.6) is 5.75 Å². The van der Waals surface area contributed by atoms with Crippen molar-refractivity contribution < 1.29 is 18.8 Å². The van der Waals surface area contributed by atoms with Gasteiger partial charge in [0.1, 0.15) is 11.6 Å². The van der Waals surface area contributed by atoms with Crippen molar-refractivity contribution in [3.05, 3.63) is 28.5 Å². The molecule has 0 heterocycles. The fraction of sp³-hybridized carbons (Fsp3) is 0.462. The number of nitrogens with zero attached hydrogens (tertiary/aromatic N) is 1. The monoisotopic (exact) mass is 287 g/mol. The van der Waals surface area contributed by atoms with E-state index in [0.717, 1.165) is 5.56 Å². The maximum absolute atomic E-state index is 13.4. The molecule has 0 N–H and O–H groups in total. The first-order valence-corrected chi connectivity index (χ1v) is 6.22. The molecule has 1 aromatic rings. The molecule has 19 heavy (non-hydrogen) atoms. The van der Waals surface area contributed by atoms with E-state index in [1.807, 2.05) is 0 Å². The van der Waals surface area contributed by atoms with Crippen molar-refractivity contribution in [2.45, 2.75) is 12.3 Å². The van der Waals surface area contributed by atoms with Crippen molar-refractivity contribution in [1.82, 2.24) is 5.06 Å². The average molecular weight is 288 g/mol. The van der Waals surface area contributed by atoms with Crippen LogP contribution in [0.4, 0.5) is 4.39 Å². The highest BCUT2D eigenvalue weighted by Crippen LogP contribution is 2.51. The Morgan fingerprint density at radius 1 is 1.47 bits per heavy atom. The molecule has 2 rings (SSSR count). The summed E-state index contributed by atoms with van der Waals surface area (Å²) in [7, 11) is 4.46. The van der Waals surface area contributed by atoms with Gasteiger partial charge in [0.25, 0.3) is 0 Å². The van der Waals surface area contributed by atoms with Gasteiger partial charge in [0, 0.05) is 24.9 Å². The topological polar surface area (TPSA) is 38.8 Å². The number of hydrogen-bond acceptors (Lipinski definition) is 3. The Hall–Kier alpha value is -1.33. The molecule has 104 valence electrons. The molecule has 1 aromatic carbocycles. The molecule has 1 saturated carbocycles. The van der Waals surface area contributed by atoms with Crippen molar-refractivity contribution in [2.75, 3.05) is 21.3 Å². The van der Waals surface area contributed by atoms with Crippen LogP contribution in [0.1, 0.15) is 17.9 Å². The van der Waals surface area contributed by atoms with Crippen molar-refractivity contribution >= 4 is 17.5 Å². The van der Waals surface area contributed by atoms with Gasteiger partial charge in [-0.1, -0.05) is 11.6 Å². The Morgan fingerprint density at radius 3 is 2.74 bits per heavy atom. The molecule has 0 saturated heterocycles. The molecule has 0 radical (unpaired) electrons. The van der Waals surface area contributed by atoms with E-state index < -0.39 is 5.82 Å². The molecular weight excluding hydrogens is 273 g/mol. The van der Waals surface area contributed by atoms with Gasteiger partial charge >= 0.3 is 0 Å². The highest BCUT2D eigenvalue weighted by molar-refractivity contribution is 6.30. The SMILES string of the molecule is COc1cc(F)c(Cl)cc1C1CC1C(=O)N(C)OC. The number of hydroxylamine groups is 2. The van der Waals surface area contributed by atoms with Gasteiger partial charge in [-0.25, -0.2) is 9.45 Å². The second-order valence-corrected chi connectivity index (χ2v) is 4.88. The summed E-state index contributed by atoms with van der Waals surface area (Å²) in [6, 6.07) is 2.78. The van der Waals surface area contributed by atoms with Crippen LogP contribution in [-0.4, -0.2) is 32.2 Å². The highest BCUT2D eigenvalue weighted by atomic mass is 35.5. The molecule has 4 nitrogen and oxygen atoms in total. The Balaban J connectivity index is 2.21. The van der Waals surface area contributed by atoms with Crippen molar-refractivity contribution in [3.63, 3.8) is 0 Å². The van der Waals surface area contributed by atoms with Gasteiger partial charge in [-0.15, -0.1) is 0 Å². The summed E-state index contributed by atoms with van der Waals surface area (Å²) in [6.07, 6.45) is 0.685. The zero-order valence-corrected chi connectivity index (χ0v) is 11.7. The Labute approximate surface area is 116 Å². The predicted molar refractivity (Wildman–Crippen MR) is 68.6 cm³/mol. The van der Waals surface area contributed by atoms with Gasteiger partial charge < -0.3 is 4.74 Å². The summed E-state index contributed by atoms with van der Waals surface area (Å²) in [5, 5.41) is 1.23. The van der Waals surface area contributed by atoms with Crippen LogP contribution >= 0.6 is 11.6 Å². The van der Waals surface area contributed by atoms with E-state index >= 15 is 0 Å².